The summed E-state index contributed by atoms with van der Waals surface area (Å²) in [7, 11) is 0. The van der Waals surface area contributed by atoms with Crippen LogP contribution in [0.25, 0.3) is 0 Å². The maximum absolute atomic E-state index is 6.03. The van der Waals surface area contributed by atoms with E-state index in [1.807, 2.05) is 6.92 Å². The van der Waals surface area contributed by atoms with Crippen molar-refractivity contribution in [2.75, 3.05) is 11.9 Å². The molecule has 1 aromatic heterocycles. The zero-order valence-electron chi connectivity index (χ0n) is 11.7. The fourth-order valence-electron chi connectivity index (χ4n) is 2.61. The van der Waals surface area contributed by atoms with Crippen LogP contribution in [0.5, 0.6) is 0 Å². The lowest BCUT2D eigenvalue weighted by molar-refractivity contribution is 0.128. The van der Waals surface area contributed by atoms with Gasteiger partial charge < -0.3 is 10.1 Å². The third kappa shape index (κ3) is 4.32. The Morgan fingerprint density at radius 1 is 1.42 bits per heavy atom. The Bertz CT molecular complexity index is 408. The molecule has 0 amide bonds. The Morgan fingerprint density at radius 2 is 2.16 bits per heavy atom. The monoisotopic (exact) mass is 283 g/mol. The molecule has 1 N–H and O–H groups in total. The third-order valence-electron chi connectivity index (χ3n) is 3.66. The normalized spacial score (nSPS) is 17.6. The van der Waals surface area contributed by atoms with Crippen LogP contribution >= 0.6 is 11.6 Å². The molecule has 0 saturated heterocycles. The van der Waals surface area contributed by atoms with Crippen molar-refractivity contribution in [1.82, 2.24) is 9.97 Å². The van der Waals surface area contributed by atoms with E-state index in [1.54, 1.807) is 6.07 Å². The minimum atomic E-state index is 0.406. The smallest absolute Gasteiger partial charge is 0.158 e. The van der Waals surface area contributed by atoms with Gasteiger partial charge in [0.25, 0.3) is 0 Å². The number of ether oxygens (including phenoxy) is 1. The van der Waals surface area contributed by atoms with Crippen LogP contribution in [0.15, 0.2) is 6.07 Å². The van der Waals surface area contributed by atoms with Crippen molar-refractivity contribution in [1.29, 1.82) is 0 Å². The zero-order chi connectivity index (χ0) is 13.7. The molecule has 0 bridgehead atoms. The van der Waals surface area contributed by atoms with E-state index < -0.39 is 0 Å². The molecule has 4 nitrogen and oxygen atoms in total. The van der Waals surface area contributed by atoms with Crippen molar-refractivity contribution in [2.24, 2.45) is 5.92 Å². The SMILES string of the molecule is CCOCc1nc(Cl)cc(NC(C)C2CCCC2)n1. The number of nitrogens with one attached hydrogen (secondary N) is 1. The predicted octanol–water partition coefficient (Wildman–Crippen LogP) is 3.66. The third-order valence-corrected chi connectivity index (χ3v) is 3.85. The number of halogens is 1. The second-order valence-electron chi connectivity index (χ2n) is 5.11. The van der Waals surface area contributed by atoms with E-state index in [4.69, 9.17) is 16.3 Å². The summed E-state index contributed by atoms with van der Waals surface area (Å²) in [5, 5.41) is 3.91. The number of nitrogens with zero attached hydrogens (tertiary/aromatic N) is 2. The van der Waals surface area contributed by atoms with Crippen LogP contribution in [0, 0.1) is 5.92 Å². The molecule has 1 aromatic rings. The van der Waals surface area contributed by atoms with E-state index in [1.165, 1.54) is 25.7 Å². The number of hydrogen-bond donors (Lipinski definition) is 1. The van der Waals surface area contributed by atoms with Gasteiger partial charge in [0.1, 0.15) is 17.6 Å². The zero-order valence-corrected chi connectivity index (χ0v) is 12.4. The minimum Gasteiger partial charge on any atom is -0.374 e. The van der Waals surface area contributed by atoms with Crippen LogP contribution in [0.4, 0.5) is 5.82 Å². The van der Waals surface area contributed by atoms with E-state index >= 15 is 0 Å². The molecule has 1 heterocycles. The minimum absolute atomic E-state index is 0.406. The molecule has 0 radical (unpaired) electrons. The molecule has 1 fully saturated rings. The van der Waals surface area contributed by atoms with Gasteiger partial charge in [-0.1, -0.05) is 24.4 Å². The van der Waals surface area contributed by atoms with Crippen molar-refractivity contribution in [3.8, 4) is 0 Å². The van der Waals surface area contributed by atoms with E-state index in [2.05, 4.69) is 22.2 Å². The first kappa shape index (κ1) is 14.5. The summed E-state index contributed by atoms with van der Waals surface area (Å²) in [4.78, 5) is 8.62. The maximum atomic E-state index is 6.03. The van der Waals surface area contributed by atoms with E-state index in [-0.39, 0.29) is 0 Å². The van der Waals surface area contributed by atoms with Gasteiger partial charge in [-0.05, 0) is 32.6 Å². The largest absolute Gasteiger partial charge is 0.374 e. The van der Waals surface area contributed by atoms with Gasteiger partial charge in [0.15, 0.2) is 5.82 Å². The van der Waals surface area contributed by atoms with Gasteiger partial charge in [-0.15, -0.1) is 0 Å². The highest BCUT2D eigenvalue weighted by atomic mass is 35.5. The molecule has 1 aliphatic rings. The second kappa shape index (κ2) is 7.06. The Hall–Kier alpha value is -0.870. The summed E-state index contributed by atoms with van der Waals surface area (Å²) < 4.78 is 5.32. The van der Waals surface area contributed by atoms with E-state index in [9.17, 15) is 0 Å². The molecule has 0 spiro atoms. The van der Waals surface area contributed by atoms with Crippen LogP contribution in [0.3, 0.4) is 0 Å². The maximum Gasteiger partial charge on any atom is 0.158 e. The highest BCUT2D eigenvalue weighted by Gasteiger charge is 2.21. The molecule has 0 aromatic carbocycles. The van der Waals surface area contributed by atoms with E-state index in [0.29, 0.717) is 30.2 Å². The summed E-state index contributed by atoms with van der Waals surface area (Å²) in [6.07, 6.45) is 5.30. The van der Waals surface area contributed by atoms with Crippen molar-refractivity contribution in [3.05, 3.63) is 17.0 Å². The molecule has 0 aliphatic heterocycles. The summed E-state index contributed by atoms with van der Waals surface area (Å²) in [6.45, 7) is 5.22. The lowest BCUT2D eigenvalue weighted by Gasteiger charge is -2.21. The summed E-state index contributed by atoms with van der Waals surface area (Å²) in [5.41, 5.74) is 0. The number of anilines is 1. The molecule has 1 saturated carbocycles. The molecule has 19 heavy (non-hydrogen) atoms. The first-order valence-corrected chi connectivity index (χ1v) is 7.44. The molecule has 106 valence electrons. The Kier molecular flexibility index (Phi) is 5.40. The lowest BCUT2D eigenvalue weighted by atomic mass is 10.00. The van der Waals surface area contributed by atoms with Crippen LogP contribution in [-0.4, -0.2) is 22.6 Å². The fraction of sp³-hybridized carbons (Fsp3) is 0.714. The highest BCUT2D eigenvalue weighted by molar-refractivity contribution is 6.29. The van der Waals surface area contributed by atoms with Crippen molar-refractivity contribution in [2.45, 2.75) is 52.2 Å². The molecule has 2 rings (SSSR count). The molecular weight excluding hydrogens is 262 g/mol. The van der Waals surface area contributed by atoms with Gasteiger partial charge in [0, 0.05) is 18.7 Å². The van der Waals surface area contributed by atoms with Crippen molar-refractivity contribution < 1.29 is 4.74 Å². The van der Waals surface area contributed by atoms with Crippen molar-refractivity contribution >= 4 is 17.4 Å². The van der Waals surface area contributed by atoms with Gasteiger partial charge in [-0.25, -0.2) is 9.97 Å². The number of rotatable bonds is 6. The van der Waals surface area contributed by atoms with Crippen LogP contribution in [0.1, 0.15) is 45.4 Å². The van der Waals surface area contributed by atoms with Crippen LogP contribution < -0.4 is 5.32 Å². The van der Waals surface area contributed by atoms with Gasteiger partial charge >= 0.3 is 0 Å². The first-order valence-electron chi connectivity index (χ1n) is 7.06. The Labute approximate surface area is 119 Å². The van der Waals surface area contributed by atoms with Crippen molar-refractivity contribution in [3.63, 3.8) is 0 Å². The number of hydrogen-bond acceptors (Lipinski definition) is 4. The topological polar surface area (TPSA) is 47.0 Å². The predicted molar refractivity (Wildman–Crippen MR) is 77.4 cm³/mol. The second-order valence-corrected chi connectivity index (χ2v) is 5.49. The summed E-state index contributed by atoms with van der Waals surface area (Å²) in [6, 6.07) is 2.20. The molecule has 1 atom stereocenters. The van der Waals surface area contributed by atoms with E-state index in [0.717, 1.165) is 11.7 Å². The first-order chi connectivity index (χ1) is 9.19. The molecule has 5 heteroatoms. The average Bonchev–Trinajstić information content (AvgIpc) is 2.89. The Balaban J connectivity index is 2.00. The highest BCUT2D eigenvalue weighted by Crippen LogP contribution is 2.29. The number of aromatic nitrogens is 2. The quantitative estimate of drug-likeness (QED) is 0.810. The summed E-state index contributed by atoms with van der Waals surface area (Å²) in [5.74, 6) is 2.17. The summed E-state index contributed by atoms with van der Waals surface area (Å²) >= 11 is 6.03. The van der Waals surface area contributed by atoms with Gasteiger partial charge in [-0.2, -0.15) is 0 Å². The lowest BCUT2D eigenvalue weighted by Crippen LogP contribution is -2.24. The van der Waals surface area contributed by atoms with Crippen LogP contribution in [-0.2, 0) is 11.3 Å². The van der Waals surface area contributed by atoms with Crippen LogP contribution in [0.2, 0.25) is 5.15 Å². The Morgan fingerprint density at radius 3 is 2.84 bits per heavy atom. The molecule has 1 aliphatic carbocycles. The average molecular weight is 284 g/mol. The fourth-order valence-corrected chi connectivity index (χ4v) is 2.81. The standard InChI is InChI=1S/C14H22ClN3O/c1-3-19-9-14-17-12(15)8-13(18-14)16-10(2)11-6-4-5-7-11/h8,10-11H,3-7,9H2,1-2H3,(H,16,17,18). The van der Waals surface area contributed by atoms with Gasteiger partial charge in [0.05, 0.1) is 0 Å². The van der Waals surface area contributed by atoms with Gasteiger partial charge in [0.2, 0.25) is 0 Å². The van der Waals surface area contributed by atoms with Gasteiger partial charge in [-0.3, -0.25) is 0 Å². The molecular formula is C14H22ClN3O. The molecule has 1 unspecified atom stereocenters.